The summed E-state index contributed by atoms with van der Waals surface area (Å²) in [5, 5.41) is 6.52. The van der Waals surface area contributed by atoms with Gasteiger partial charge in [0.15, 0.2) is 5.13 Å². The summed E-state index contributed by atoms with van der Waals surface area (Å²) in [6.07, 6.45) is 0. The van der Waals surface area contributed by atoms with Crippen LogP contribution < -0.4 is 5.32 Å². The Bertz CT molecular complexity index is 568. The predicted octanol–water partition coefficient (Wildman–Crippen LogP) is 4.74. The number of aromatic nitrogens is 1. The van der Waals surface area contributed by atoms with Crippen molar-refractivity contribution < 1.29 is 0 Å². The van der Waals surface area contributed by atoms with Gasteiger partial charge in [-0.3, -0.25) is 0 Å². The summed E-state index contributed by atoms with van der Waals surface area (Å²) in [4.78, 5) is 4.48. The van der Waals surface area contributed by atoms with Crippen LogP contribution >= 0.6 is 11.3 Å². The molecule has 0 atom stereocenters. The van der Waals surface area contributed by atoms with Gasteiger partial charge >= 0.3 is 0 Å². The summed E-state index contributed by atoms with van der Waals surface area (Å²) in [6.45, 7) is 13.0. The van der Waals surface area contributed by atoms with Crippen molar-refractivity contribution in [1.29, 1.82) is 0 Å². The topological polar surface area (TPSA) is 24.9 Å². The molecule has 1 N–H and O–H groups in total. The Balaban J connectivity index is 2.51. The Morgan fingerprint density at radius 2 is 1.33 bits per heavy atom. The highest BCUT2D eigenvalue weighted by atomic mass is 32.1. The molecule has 0 bridgehead atoms. The Hall–Kier alpha value is -1.35. The van der Waals surface area contributed by atoms with Crippen LogP contribution in [0.1, 0.15) is 33.5 Å². The van der Waals surface area contributed by atoms with E-state index in [4.69, 9.17) is 0 Å². The van der Waals surface area contributed by atoms with E-state index in [1.165, 1.54) is 33.5 Å². The minimum absolute atomic E-state index is 0.973. The fourth-order valence-corrected chi connectivity index (χ4v) is 2.90. The number of aryl methyl sites for hydroxylation is 1. The number of hydrogen-bond acceptors (Lipinski definition) is 3. The normalized spacial score (nSPS) is 10.8. The fraction of sp³-hybridized carbons (Fsp3) is 0.400. The van der Waals surface area contributed by atoms with E-state index in [0.29, 0.717) is 0 Å². The van der Waals surface area contributed by atoms with Crippen LogP contribution in [0.3, 0.4) is 0 Å². The molecule has 0 unspecified atom stereocenters. The van der Waals surface area contributed by atoms with Gasteiger partial charge in [0.2, 0.25) is 0 Å². The largest absolute Gasteiger partial charge is 0.331 e. The average molecular weight is 260 g/mol. The van der Waals surface area contributed by atoms with Gasteiger partial charge in [0.05, 0.1) is 5.69 Å². The summed E-state index contributed by atoms with van der Waals surface area (Å²) < 4.78 is 0. The van der Waals surface area contributed by atoms with Crippen molar-refractivity contribution in [2.75, 3.05) is 5.32 Å². The van der Waals surface area contributed by atoms with Gasteiger partial charge in [-0.05, 0) is 69.4 Å². The summed E-state index contributed by atoms with van der Waals surface area (Å²) in [7, 11) is 0. The first-order chi connectivity index (χ1) is 8.41. The van der Waals surface area contributed by atoms with Crippen LogP contribution in [0, 0.1) is 41.5 Å². The molecule has 0 amide bonds. The minimum Gasteiger partial charge on any atom is -0.331 e. The van der Waals surface area contributed by atoms with Crippen LogP contribution in [-0.4, -0.2) is 4.98 Å². The maximum absolute atomic E-state index is 4.48. The van der Waals surface area contributed by atoms with Crippen molar-refractivity contribution in [2.24, 2.45) is 0 Å². The standard InChI is InChI=1S/C15H20N2S/c1-8-7-18-15(16-8)17-14-12(5)10(3)9(2)11(4)13(14)6/h7H,1-6H3,(H,16,17). The lowest BCUT2D eigenvalue weighted by atomic mass is 9.93. The van der Waals surface area contributed by atoms with E-state index in [2.05, 4.69) is 50.3 Å². The summed E-state index contributed by atoms with van der Waals surface area (Å²) in [5.41, 5.74) is 9.06. The average Bonchev–Trinajstić information content (AvgIpc) is 2.75. The number of nitrogens with one attached hydrogen (secondary N) is 1. The maximum atomic E-state index is 4.48. The van der Waals surface area contributed by atoms with Crippen LogP contribution in [0.4, 0.5) is 10.8 Å². The smallest absolute Gasteiger partial charge is 0.187 e. The molecule has 0 radical (unpaired) electrons. The van der Waals surface area contributed by atoms with Crippen molar-refractivity contribution in [3.63, 3.8) is 0 Å². The zero-order valence-electron chi connectivity index (χ0n) is 11.9. The van der Waals surface area contributed by atoms with Gasteiger partial charge in [0, 0.05) is 11.1 Å². The number of hydrogen-bond donors (Lipinski definition) is 1. The lowest BCUT2D eigenvalue weighted by Gasteiger charge is -2.18. The van der Waals surface area contributed by atoms with E-state index in [1.807, 2.05) is 6.92 Å². The molecule has 0 aliphatic rings. The van der Waals surface area contributed by atoms with Crippen molar-refractivity contribution >= 4 is 22.2 Å². The lowest BCUT2D eigenvalue weighted by molar-refractivity contribution is 1.17. The van der Waals surface area contributed by atoms with Gasteiger partial charge in [-0.25, -0.2) is 4.98 Å². The number of nitrogens with zero attached hydrogens (tertiary/aromatic N) is 1. The van der Waals surface area contributed by atoms with E-state index in [9.17, 15) is 0 Å². The van der Waals surface area contributed by atoms with E-state index < -0.39 is 0 Å². The zero-order chi connectivity index (χ0) is 13.4. The van der Waals surface area contributed by atoms with Gasteiger partial charge in [-0.15, -0.1) is 11.3 Å². The van der Waals surface area contributed by atoms with E-state index in [-0.39, 0.29) is 0 Å². The molecule has 0 spiro atoms. The second kappa shape index (κ2) is 4.73. The first-order valence-electron chi connectivity index (χ1n) is 6.18. The first kappa shape index (κ1) is 13.1. The molecule has 2 nitrogen and oxygen atoms in total. The molecule has 0 aliphatic heterocycles. The Labute approximate surface area is 113 Å². The third-order valence-electron chi connectivity index (χ3n) is 3.85. The highest BCUT2D eigenvalue weighted by Gasteiger charge is 2.13. The first-order valence-corrected chi connectivity index (χ1v) is 7.06. The van der Waals surface area contributed by atoms with E-state index in [0.717, 1.165) is 10.8 Å². The molecule has 0 aliphatic carbocycles. The Morgan fingerprint density at radius 3 is 1.78 bits per heavy atom. The summed E-state index contributed by atoms with van der Waals surface area (Å²) in [6, 6.07) is 0. The number of anilines is 2. The van der Waals surface area contributed by atoms with Gasteiger partial charge in [-0.1, -0.05) is 0 Å². The van der Waals surface area contributed by atoms with Crippen molar-refractivity contribution in [3.05, 3.63) is 38.9 Å². The Kier molecular flexibility index (Phi) is 3.44. The molecule has 1 heterocycles. The Morgan fingerprint density at radius 1 is 0.833 bits per heavy atom. The summed E-state index contributed by atoms with van der Waals surface area (Å²) >= 11 is 1.66. The van der Waals surface area contributed by atoms with E-state index >= 15 is 0 Å². The van der Waals surface area contributed by atoms with Crippen molar-refractivity contribution in [1.82, 2.24) is 4.98 Å². The quantitative estimate of drug-likeness (QED) is 0.843. The fourth-order valence-electron chi connectivity index (χ4n) is 2.21. The highest BCUT2D eigenvalue weighted by Crippen LogP contribution is 2.33. The van der Waals surface area contributed by atoms with Gasteiger partial charge < -0.3 is 5.32 Å². The predicted molar refractivity (Wildman–Crippen MR) is 80.3 cm³/mol. The maximum Gasteiger partial charge on any atom is 0.187 e. The molecule has 3 heteroatoms. The number of rotatable bonds is 2. The minimum atomic E-state index is 0.973. The number of benzene rings is 1. The van der Waals surface area contributed by atoms with Crippen LogP contribution in [-0.2, 0) is 0 Å². The van der Waals surface area contributed by atoms with Crippen LogP contribution in [0.5, 0.6) is 0 Å². The van der Waals surface area contributed by atoms with Crippen LogP contribution in [0.15, 0.2) is 5.38 Å². The summed E-state index contributed by atoms with van der Waals surface area (Å²) in [5.74, 6) is 0. The van der Waals surface area contributed by atoms with Gasteiger partial charge in [0.25, 0.3) is 0 Å². The molecular formula is C15H20N2S. The second-order valence-electron chi connectivity index (χ2n) is 4.92. The van der Waals surface area contributed by atoms with Crippen molar-refractivity contribution in [2.45, 2.75) is 41.5 Å². The van der Waals surface area contributed by atoms with Gasteiger partial charge in [0.1, 0.15) is 0 Å². The van der Waals surface area contributed by atoms with Crippen LogP contribution in [0.2, 0.25) is 0 Å². The molecule has 0 saturated heterocycles. The van der Waals surface area contributed by atoms with Crippen molar-refractivity contribution in [3.8, 4) is 0 Å². The molecule has 2 aromatic rings. The second-order valence-corrected chi connectivity index (χ2v) is 5.78. The molecule has 0 saturated carbocycles. The third-order valence-corrected chi connectivity index (χ3v) is 4.73. The van der Waals surface area contributed by atoms with Gasteiger partial charge in [-0.2, -0.15) is 0 Å². The molecule has 2 rings (SSSR count). The number of thiazole rings is 1. The molecule has 18 heavy (non-hydrogen) atoms. The third kappa shape index (κ3) is 2.15. The SMILES string of the molecule is Cc1csc(Nc2c(C)c(C)c(C)c(C)c2C)n1. The molecule has 0 fully saturated rings. The molecular weight excluding hydrogens is 240 g/mol. The molecule has 1 aromatic heterocycles. The monoisotopic (exact) mass is 260 g/mol. The zero-order valence-corrected chi connectivity index (χ0v) is 12.7. The molecule has 1 aromatic carbocycles. The highest BCUT2D eigenvalue weighted by molar-refractivity contribution is 7.13. The lowest BCUT2D eigenvalue weighted by Crippen LogP contribution is -2.02. The molecule has 96 valence electrons. The van der Waals surface area contributed by atoms with E-state index in [1.54, 1.807) is 11.3 Å². The van der Waals surface area contributed by atoms with Crippen LogP contribution in [0.25, 0.3) is 0 Å².